The standard InChI is InChI=1S/C18H22N2O7S/c1-5-24-18(23)12-7-13(10(2)3)28-17(12)19-14(21)8-26-16(22)9-25-15-6-11(4)27-20-15/h6-7,10H,5,8-9H2,1-4H3,(H,19,21). The molecule has 2 rings (SSSR count). The molecule has 152 valence electrons. The third-order valence-corrected chi connectivity index (χ3v) is 4.73. The molecule has 0 saturated carbocycles. The molecule has 0 aliphatic carbocycles. The van der Waals surface area contributed by atoms with Crippen LogP contribution < -0.4 is 10.1 Å². The van der Waals surface area contributed by atoms with Gasteiger partial charge in [-0.05, 0) is 31.0 Å². The summed E-state index contributed by atoms with van der Waals surface area (Å²) in [6.07, 6.45) is 0. The molecule has 0 aliphatic heterocycles. The second-order valence-corrected chi connectivity index (χ2v) is 7.12. The van der Waals surface area contributed by atoms with E-state index >= 15 is 0 Å². The molecule has 10 heteroatoms. The fourth-order valence-corrected chi connectivity index (χ4v) is 3.11. The molecule has 9 nitrogen and oxygen atoms in total. The normalized spacial score (nSPS) is 10.6. The van der Waals surface area contributed by atoms with Crippen molar-refractivity contribution < 1.29 is 33.1 Å². The summed E-state index contributed by atoms with van der Waals surface area (Å²) in [6, 6.07) is 3.21. The van der Waals surface area contributed by atoms with E-state index in [-0.39, 0.29) is 24.0 Å². The zero-order chi connectivity index (χ0) is 20.7. The van der Waals surface area contributed by atoms with Crippen molar-refractivity contribution in [2.24, 2.45) is 0 Å². The second kappa shape index (κ2) is 9.88. The number of carbonyl (C=O) groups excluding carboxylic acids is 3. The number of hydrogen-bond acceptors (Lipinski definition) is 9. The van der Waals surface area contributed by atoms with Crippen LogP contribution in [0.3, 0.4) is 0 Å². The van der Waals surface area contributed by atoms with Gasteiger partial charge in [0.05, 0.1) is 12.2 Å². The van der Waals surface area contributed by atoms with E-state index in [1.54, 1.807) is 19.9 Å². The Bertz CT molecular complexity index is 841. The van der Waals surface area contributed by atoms with Crippen molar-refractivity contribution in [3.63, 3.8) is 0 Å². The number of nitrogens with zero attached hydrogens (tertiary/aromatic N) is 1. The second-order valence-electron chi connectivity index (χ2n) is 6.04. The number of ether oxygens (including phenoxy) is 3. The minimum Gasteiger partial charge on any atom is -0.463 e. The van der Waals surface area contributed by atoms with Gasteiger partial charge < -0.3 is 24.1 Å². The summed E-state index contributed by atoms with van der Waals surface area (Å²) in [5.74, 6) is -0.966. The molecule has 0 bridgehead atoms. The van der Waals surface area contributed by atoms with Crippen LogP contribution in [0.4, 0.5) is 5.00 Å². The Morgan fingerprint density at radius 2 is 1.96 bits per heavy atom. The summed E-state index contributed by atoms with van der Waals surface area (Å²) in [6.45, 7) is 6.63. The molecule has 28 heavy (non-hydrogen) atoms. The molecule has 2 aromatic heterocycles. The number of thiophene rings is 1. The first-order valence-electron chi connectivity index (χ1n) is 8.62. The van der Waals surface area contributed by atoms with E-state index in [1.807, 2.05) is 13.8 Å². The van der Waals surface area contributed by atoms with Gasteiger partial charge in [0.15, 0.2) is 13.2 Å². The SMILES string of the molecule is CCOC(=O)c1cc(C(C)C)sc1NC(=O)COC(=O)COc1cc(C)on1. The number of rotatable bonds is 9. The first-order valence-corrected chi connectivity index (χ1v) is 9.44. The average molecular weight is 410 g/mol. The lowest BCUT2D eigenvalue weighted by Crippen LogP contribution is -2.24. The van der Waals surface area contributed by atoms with Crippen LogP contribution in [0.5, 0.6) is 5.88 Å². The predicted octanol–water partition coefficient (Wildman–Crippen LogP) is 2.91. The number of anilines is 1. The maximum absolute atomic E-state index is 12.1. The number of carbonyl (C=O) groups is 3. The zero-order valence-electron chi connectivity index (χ0n) is 16.1. The predicted molar refractivity (Wildman–Crippen MR) is 101 cm³/mol. The maximum atomic E-state index is 12.1. The van der Waals surface area contributed by atoms with Crippen LogP contribution in [-0.4, -0.2) is 42.8 Å². The van der Waals surface area contributed by atoms with Gasteiger partial charge in [0.25, 0.3) is 11.8 Å². The summed E-state index contributed by atoms with van der Waals surface area (Å²) in [5.41, 5.74) is 0.278. The molecule has 2 heterocycles. The van der Waals surface area contributed by atoms with Gasteiger partial charge in [-0.1, -0.05) is 13.8 Å². The van der Waals surface area contributed by atoms with Crippen LogP contribution in [0, 0.1) is 6.92 Å². The van der Waals surface area contributed by atoms with Crippen LogP contribution in [0.1, 0.15) is 47.7 Å². The van der Waals surface area contributed by atoms with Crippen LogP contribution in [0.25, 0.3) is 0 Å². The molecule has 0 saturated heterocycles. The molecule has 0 spiro atoms. The van der Waals surface area contributed by atoms with Crippen LogP contribution >= 0.6 is 11.3 Å². The van der Waals surface area contributed by atoms with Gasteiger partial charge in [0.1, 0.15) is 10.8 Å². The third-order valence-electron chi connectivity index (χ3n) is 3.38. The van der Waals surface area contributed by atoms with Gasteiger partial charge in [-0.15, -0.1) is 11.3 Å². The van der Waals surface area contributed by atoms with Gasteiger partial charge in [-0.3, -0.25) is 4.79 Å². The molecule has 1 N–H and O–H groups in total. The van der Waals surface area contributed by atoms with Crippen LogP contribution in [0.2, 0.25) is 0 Å². The first-order chi connectivity index (χ1) is 13.3. The van der Waals surface area contributed by atoms with Crippen molar-refractivity contribution in [3.8, 4) is 5.88 Å². The number of amides is 1. The Kier molecular flexibility index (Phi) is 7.56. The van der Waals surface area contributed by atoms with Crippen molar-refractivity contribution in [2.75, 3.05) is 25.1 Å². The highest BCUT2D eigenvalue weighted by molar-refractivity contribution is 7.16. The lowest BCUT2D eigenvalue weighted by atomic mass is 10.1. The maximum Gasteiger partial charge on any atom is 0.344 e. The Morgan fingerprint density at radius 1 is 1.21 bits per heavy atom. The lowest BCUT2D eigenvalue weighted by Gasteiger charge is -2.07. The molecule has 0 radical (unpaired) electrons. The fourth-order valence-electron chi connectivity index (χ4n) is 2.04. The van der Waals surface area contributed by atoms with E-state index in [0.29, 0.717) is 10.8 Å². The van der Waals surface area contributed by atoms with E-state index in [0.717, 1.165) is 4.88 Å². The van der Waals surface area contributed by atoms with Crippen molar-refractivity contribution >= 4 is 34.2 Å². The lowest BCUT2D eigenvalue weighted by molar-refractivity contribution is -0.149. The minimum atomic E-state index is -0.740. The third kappa shape index (κ3) is 6.08. The summed E-state index contributed by atoms with van der Waals surface area (Å²) in [4.78, 5) is 36.8. The topological polar surface area (TPSA) is 117 Å². The molecular weight excluding hydrogens is 388 g/mol. The van der Waals surface area contributed by atoms with E-state index in [4.69, 9.17) is 18.7 Å². The van der Waals surface area contributed by atoms with Gasteiger partial charge in [-0.25, -0.2) is 9.59 Å². The Hall–Kier alpha value is -2.88. The zero-order valence-corrected chi connectivity index (χ0v) is 16.9. The van der Waals surface area contributed by atoms with Crippen molar-refractivity contribution in [2.45, 2.75) is 33.6 Å². The number of aryl methyl sites for hydroxylation is 1. The largest absolute Gasteiger partial charge is 0.463 e. The van der Waals surface area contributed by atoms with E-state index in [1.165, 1.54) is 17.4 Å². The first kappa shape index (κ1) is 21.4. The molecule has 0 aliphatic rings. The van der Waals surface area contributed by atoms with E-state index in [9.17, 15) is 14.4 Å². The van der Waals surface area contributed by atoms with Gasteiger partial charge >= 0.3 is 11.9 Å². The molecule has 0 atom stereocenters. The van der Waals surface area contributed by atoms with Gasteiger partial charge in [-0.2, -0.15) is 0 Å². The fraction of sp³-hybridized carbons (Fsp3) is 0.444. The molecule has 0 aromatic carbocycles. The summed E-state index contributed by atoms with van der Waals surface area (Å²) in [5, 5.41) is 6.52. The number of nitrogens with one attached hydrogen (secondary N) is 1. The van der Waals surface area contributed by atoms with Crippen molar-refractivity contribution in [1.82, 2.24) is 5.16 Å². The summed E-state index contributed by atoms with van der Waals surface area (Å²) in [7, 11) is 0. The Balaban J connectivity index is 1.89. The quantitative estimate of drug-likeness (QED) is 0.627. The van der Waals surface area contributed by atoms with Gasteiger partial charge in [0, 0.05) is 10.9 Å². The van der Waals surface area contributed by atoms with Crippen molar-refractivity contribution in [1.29, 1.82) is 0 Å². The van der Waals surface area contributed by atoms with E-state index < -0.39 is 31.1 Å². The molecule has 0 unspecified atom stereocenters. The highest BCUT2D eigenvalue weighted by Gasteiger charge is 2.20. The molecule has 0 fully saturated rings. The number of hydrogen-bond donors (Lipinski definition) is 1. The Labute approximate surface area is 165 Å². The summed E-state index contributed by atoms with van der Waals surface area (Å²) >= 11 is 1.28. The highest BCUT2D eigenvalue weighted by atomic mass is 32.1. The molecule has 2 aromatic rings. The molecule has 1 amide bonds. The van der Waals surface area contributed by atoms with Crippen LogP contribution in [0.15, 0.2) is 16.7 Å². The number of esters is 2. The summed E-state index contributed by atoms with van der Waals surface area (Å²) < 4.78 is 19.8. The smallest absolute Gasteiger partial charge is 0.344 e. The van der Waals surface area contributed by atoms with Crippen molar-refractivity contribution in [3.05, 3.63) is 28.3 Å². The van der Waals surface area contributed by atoms with E-state index in [2.05, 4.69) is 10.5 Å². The molecular formula is C18H22N2O7S. The number of aromatic nitrogens is 1. The highest BCUT2D eigenvalue weighted by Crippen LogP contribution is 2.33. The minimum absolute atomic E-state index is 0.151. The van der Waals surface area contributed by atoms with Gasteiger partial charge in [0.2, 0.25) is 0 Å². The van der Waals surface area contributed by atoms with Crippen LogP contribution in [-0.2, 0) is 19.1 Å². The Morgan fingerprint density at radius 3 is 2.57 bits per heavy atom. The monoisotopic (exact) mass is 410 g/mol. The average Bonchev–Trinajstić information content (AvgIpc) is 3.25.